The van der Waals surface area contributed by atoms with Gasteiger partial charge in [-0.1, -0.05) is 6.92 Å². The summed E-state index contributed by atoms with van der Waals surface area (Å²) in [5.41, 5.74) is 0. The Morgan fingerprint density at radius 1 is 1.69 bits per heavy atom. The zero-order chi connectivity index (χ0) is 9.84. The van der Waals surface area contributed by atoms with Gasteiger partial charge in [0.1, 0.15) is 12.8 Å². The number of nitrogens with zero attached hydrogens (tertiary/aromatic N) is 1. The molecule has 1 amide bonds. The molecule has 0 saturated carbocycles. The standard InChI is InChI=1S/C9H17NO3/c1-4-8-6-13-9(11)10(8)7(3)12-5-2/h7-8H,4-6H2,1-3H3. The van der Waals surface area contributed by atoms with Crippen molar-refractivity contribution in [2.45, 2.75) is 39.5 Å². The minimum absolute atomic E-state index is 0.175. The van der Waals surface area contributed by atoms with E-state index in [1.165, 1.54) is 0 Å². The van der Waals surface area contributed by atoms with E-state index < -0.39 is 0 Å². The van der Waals surface area contributed by atoms with Gasteiger partial charge in [0, 0.05) is 6.61 Å². The summed E-state index contributed by atoms with van der Waals surface area (Å²) < 4.78 is 10.3. The van der Waals surface area contributed by atoms with E-state index in [9.17, 15) is 4.79 Å². The molecule has 0 aromatic heterocycles. The van der Waals surface area contributed by atoms with Gasteiger partial charge in [-0.2, -0.15) is 0 Å². The fraction of sp³-hybridized carbons (Fsp3) is 0.889. The third-order valence-corrected chi connectivity index (χ3v) is 2.27. The first-order valence-corrected chi connectivity index (χ1v) is 4.77. The predicted octanol–water partition coefficient (Wildman–Crippen LogP) is 1.60. The Balaban J connectivity index is 2.57. The van der Waals surface area contributed by atoms with Gasteiger partial charge in [-0.3, -0.25) is 4.90 Å². The van der Waals surface area contributed by atoms with E-state index in [0.717, 1.165) is 6.42 Å². The van der Waals surface area contributed by atoms with Gasteiger partial charge in [-0.05, 0) is 20.3 Å². The molecule has 13 heavy (non-hydrogen) atoms. The van der Waals surface area contributed by atoms with E-state index in [2.05, 4.69) is 0 Å². The molecule has 0 N–H and O–H groups in total. The zero-order valence-corrected chi connectivity index (χ0v) is 8.45. The second-order valence-corrected chi connectivity index (χ2v) is 3.10. The highest BCUT2D eigenvalue weighted by Gasteiger charge is 2.35. The van der Waals surface area contributed by atoms with Gasteiger partial charge >= 0.3 is 6.09 Å². The van der Waals surface area contributed by atoms with Gasteiger partial charge in [0.05, 0.1) is 6.04 Å². The lowest BCUT2D eigenvalue weighted by Crippen LogP contribution is -2.41. The van der Waals surface area contributed by atoms with Crippen LogP contribution in [0.1, 0.15) is 27.2 Å². The van der Waals surface area contributed by atoms with Gasteiger partial charge in [-0.15, -0.1) is 0 Å². The van der Waals surface area contributed by atoms with Crippen LogP contribution in [0.25, 0.3) is 0 Å². The Labute approximate surface area is 78.8 Å². The molecule has 1 heterocycles. The Hall–Kier alpha value is -0.770. The second-order valence-electron chi connectivity index (χ2n) is 3.10. The third kappa shape index (κ3) is 2.12. The normalized spacial score (nSPS) is 24.7. The molecule has 0 aromatic carbocycles. The summed E-state index contributed by atoms with van der Waals surface area (Å²) in [6.45, 7) is 6.93. The highest BCUT2D eigenvalue weighted by atomic mass is 16.6. The van der Waals surface area contributed by atoms with Gasteiger partial charge in [0.2, 0.25) is 0 Å². The molecule has 1 aliphatic rings. The number of carbonyl (C=O) groups is 1. The molecule has 0 aliphatic carbocycles. The largest absolute Gasteiger partial charge is 0.447 e. The van der Waals surface area contributed by atoms with Crippen molar-refractivity contribution in [3.63, 3.8) is 0 Å². The summed E-state index contributed by atoms with van der Waals surface area (Å²) in [6.07, 6.45) is 0.473. The minimum atomic E-state index is -0.257. The zero-order valence-electron chi connectivity index (χ0n) is 8.45. The summed E-state index contributed by atoms with van der Waals surface area (Å²) in [7, 11) is 0. The monoisotopic (exact) mass is 187 g/mol. The lowest BCUT2D eigenvalue weighted by molar-refractivity contribution is -0.0281. The minimum Gasteiger partial charge on any atom is -0.447 e. The van der Waals surface area contributed by atoms with Crippen molar-refractivity contribution in [3.8, 4) is 0 Å². The number of hydrogen-bond acceptors (Lipinski definition) is 3. The van der Waals surface area contributed by atoms with Crippen molar-refractivity contribution >= 4 is 6.09 Å². The number of amides is 1. The first-order valence-electron chi connectivity index (χ1n) is 4.77. The van der Waals surface area contributed by atoms with E-state index in [-0.39, 0.29) is 18.4 Å². The molecule has 2 unspecified atom stereocenters. The summed E-state index contributed by atoms with van der Waals surface area (Å²) in [5.74, 6) is 0. The summed E-state index contributed by atoms with van der Waals surface area (Å²) in [4.78, 5) is 13.0. The highest BCUT2D eigenvalue weighted by Crippen LogP contribution is 2.18. The number of rotatable bonds is 4. The molecule has 2 atom stereocenters. The highest BCUT2D eigenvalue weighted by molar-refractivity contribution is 5.70. The van der Waals surface area contributed by atoms with Gasteiger partial charge < -0.3 is 9.47 Å². The average molecular weight is 187 g/mol. The molecule has 0 aromatic rings. The van der Waals surface area contributed by atoms with Crippen LogP contribution in [-0.2, 0) is 9.47 Å². The Morgan fingerprint density at radius 2 is 2.38 bits per heavy atom. The van der Waals surface area contributed by atoms with Gasteiger partial charge in [-0.25, -0.2) is 4.79 Å². The molecule has 1 aliphatic heterocycles. The van der Waals surface area contributed by atoms with E-state index in [1.54, 1.807) is 4.90 Å². The van der Waals surface area contributed by atoms with E-state index in [1.807, 2.05) is 20.8 Å². The average Bonchev–Trinajstić information content (AvgIpc) is 2.47. The number of carbonyl (C=O) groups excluding carboxylic acids is 1. The van der Waals surface area contributed by atoms with Crippen LogP contribution in [-0.4, -0.2) is 36.5 Å². The van der Waals surface area contributed by atoms with Crippen molar-refractivity contribution in [2.75, 3.05) is 13.2 Å². The predicted molar refractivity (Wildman–Crippen MR) is 48.4 cm³/mol. The van der Waals surface area contributed by atoms with E-state index in [4.69, 9.17) is 9.47 Å². The van der Waals surface area contributed by atoms with Crippen molar-refractivity contribution in [1.29, 1.82) is 0 Å². The van der Waals surface area contributed by atoms with Crippen LogP contribution in [0, 0.1) is 0 Å². The molecule has 0 radical (unpaired) electrons. The van der Waals surface area contributed by atoms with Crippen LogP contribution in [0.3, 0.4) is 0 Å². The maximum atomic E-state index is 11.3. The molecule has 1 fully saturated rings. The van der Waals surface area contributed by atoms with Crippen molar-refractivity contribution in [1.82, 2.24) is 4.90 Å². The smallest absolute Gasteiger partial charge is 0.412 e. The van der Waals surface area contributed by atoms with E-state index >= 15 is 0 Å². The first kappa shape index (κ1) is 10.3. The fourth-order valence-electron chi connectivity index (χ4n) is 1.55. The van der Waals surface area contributed by atoms with Crippen molar-refractivity contribution < 1.29 is 14.3 Å². The summed E-state index contributed by atoms with van der Waals surface area (Å²) >= 11 is 0. The molecule has 0 spiro atoms. The quantitative estimate of drug-likeness (QED) is 0.671. The van der Waals surface area contributed by atoms with Gasteiger partial charge in [0.25, 0.3) is 0 Å². The SMILES string of the molecule is CCOC(C)N1C(=O)OCC1CC. The van der Waals surface area contributed by atoms with Crippen LogP contribution in [0.4, 0.5) is 4.79 Å². The topological polar surface area (TPSA) is 38.8 Å². The maximum absolute atomic E-state index is 11.3. The summed E-state index contributed by atoms with van der Waals surface area (Å²) in [5, 5.41) is 0. The molecule has 4 heteroatoms. The lowest BCUT2D eigenvalue weighted by Gasteiger charge is -2.26. The number of hydrogen-bond donors (Lipinski definition) is 0. The van der Waals surface area contributed by atoms with Crippen molar-refractivity contribution in [3.05, 3.63) is 0 Å². The van der Waals surface area contributed by atoms with Crippen LogP contribution in [0.5, 0.6) is 0 Å². The summed E-state index contributed by atoms with van der Waals surface area (Å²) in [6, 6.07) is 0.175. The molecule has 1 saturated heterocycles. The molecule has 1 rings (SSSR count). The molecular formula is C9H17NO3. The fourth-order valence-corrected chi connectivity index (χ4v) is 1.55. The first-order chi connectivity index (χ1) is 6.20. The molecule has 4 nitrogen and oxygen atoms in total. The van der Waals surface area contributed by atoms with Gasteiger partial charge in [0.15, 0.2) is 0 Å². The van der Waals surface area contributed by atoms with Crippen LogP contribution >= 0.6 is 0 Å². The Bertz CT molecular complexity index is 184. The third-order valence-electron chi connectivity index (χ3n) is 2.27. The Kier molecular flexibility index (Phi) is 3.54. The van der Waals surface area contributed by atoms with Crippen LogP contribution < -0.4 is 0 Å². The van der Waals surface area contributed by atoms with E-state index in [0.29, 0.717) is 13.2 Å². The molecule has 0 bridgehead atoms. The molecular weight excluding hydrogens is 170 g/mol. The number of ether oxygens (including phenoxy) is 2. The second kappa shape index (κ2) is 4.46. The molecule has 76 valence electrons. The lowest BCUT2D eigenvalue weighted by atomic mass is 10.2. The number of cyclic esters (lactones) is 1. The van der Waals surface area contributed by atoms with Crippen molar-refractivity contribution in [2.24, 2.45) is 0 Å². The maximum Gasteiger partial charge on any atom is 0.412 e. The van der Waals surface area contributed by atoms with Crippen LogP contribution in [0.15, 0.2) is 0 Å². The Morgan fingerprint density at radius 3 is 2.92 bits per heavy atom. The van der Waals surface area contributed by atoms with Crippen LogP contribution in [0.2, 0.25) is 0 Å².